The van der Waals surface area contributed by atoms with Gasteiger partial charge in [-0.1, -0.05) is 12.2 Å². The fraction of sp³-hybridized carbons (Fsp3) is 0.727. The predicted octanol–water partition coefficient (Wildman–Crippen LogP) is 2.05. The van der Waals surface area contributed by atoms with Crippen molar-refractivity contribution in [3.05, 3.63) is 12.2 Å². The van der Waals surface area contributed by atoms with E-state index in [0.717, 1.165) is 32.1 Å². The Balaban J connectivity index is 3.02. The molecule has 3 nitrogen and oxygen atoms in total. The van der Waals surface area contributed by atoms with Crippen LogP contribution < -0.4 is 0 Å². The maximum atomic E-state index is 10.4. The molecule has 0 rings (SSSR count). The number of rotatable bonds is 8. The Morgan fingerprint density at radius 2 is 1.93 bits per heavy atom. The summed E-state index contributed by atoms with van der Waals surface area (Å²) in [5.74, 6) is -0.201. The number of carbonyl (C=O) groups excluding carboxylic acids is 1. The zero-order valence-corrected chi connectivity index (χ0v) is 8.87. The Labute approximate surface area is 85.8 Å². The lowest BCUT2D eigenvalue weighted by molar-refractivity contribution is -0.141. The fourth-order valence-corrected chi connectivity index (χ4v) is 1.07. The van der Waals surface area contributed by atoms with Gasteiger partial charge in [0.2, 0.25) is 0 Å². The van der Waals surface area contributed by atoms with Gasteiger partial charge in [0.25, 0.3) is 0 Å². The third-order valence-corrected chi connectivity index (χ3v) is 1.78. The number of allylic oxidation sites excluding steroid dienone is 1. The topological polar surface area (TPSA) is 46.5 Å². The molecular weight excluding hydrogens is 180 g/mol. The molecule has 0 atom stereocenters. The molecule has 0 aromatic heterocycles. The van der Waals surface area contributed by atoms with E-state index < -0.39 is 0 Å². The van der Waals surface area contributed by atoms with Gasteiger partial charge in [-0.2, -0.15) is 0 Å². The molecule has 1 N–H and O–H groups in total. The van der Waals surface area contributed by atoms with Crippen LogP contribution in [-0.2, 0) is 9.53 Å². The second-order valence-corrected chi connectivity index (χ2v) is 3.17. The van der Waals surface area contributed by atoms with Crippen LogP contribution in [0, 0.1) is 0 Å². The van der Waals surface area contributed by atoms with Gasteiger partial charge < -0.3 is 9.84 Å². The predicted molar refractivity (Wildman–Crippen MR) is 55.9 cm³/mol. The van der Waals surface area contributed by atoms with Crippen molar-refractivity contribution in [2.75, 3.05) is 13.2 Å². The van der Waals surface area contributed by atoms with E-state index in [4.69, 9.17) is 9.84 Å². The van der Waals surface area contributed by atoms with Crippen molar-refractivity contribution in [3.63, 3.8) is 0 Å². The lowest BCUT2D eigenvalue weighted by atomic mass is 10.2. The molecule has 0 aromatic rings. The first-order valence-corrected chi connectivity index (χ1v) is 5.16. The molecule has 82 valence electrons. The first kappa shape index (κ1) is 13.2. The van der Waals surface area contributed by atoms with Crippen LogP contribution in [-0.4, -0.2) is 24.3 Å². The van der Waals surface area contributed by atoms with E-state index >= 15 is 0 Å². The number of unbranched alkanes of at least 4 members (excludes halogenated alkanes) is 3. The molecule has 0 radical (unpaired) electrons. The van der Waals surface area contributed by atoms with Gasteiger partial charge in [0.15, 0.2) is 0 Å². The zero-order valence-electron chi connectivity index (χ0n) is 8.87. The second-order valence-electron chi connectivity index (χ2n) is 3.17. The summed E-state index contributed by atoms with van der Waals surface area (Å²) in [6.07, 6.45) is 9.00. The van der Waals surface area contributed by atoms with E-state index in [1.54, 1.807) is 0 Å². The molecule has 0 fully saturated rings. The first-order chi connectivity index (χ1) is 6.77. The van der Waals surface area contributed by atoms with Gasteiger partial charge >= 0.3 is 5.97 Å². The molecule has 0 aliphatic heterocycles. The van der Waals surface area contributed by atoms with Crippen molar-refractivity contribution in [1.29, 1.82) is 0 Å². The molecule has 3 heteroatoms. The summed E-state index contributed by atoms with van der Waals surface area (Å²) < 4.78 is 4.80. The van der Waals surface area contributed by atoms with Crippen molar-refractivity contribution < 1.29 is 14.6 Å². The number of hydrogen-bond acceptors (Lipinski definition) is 3. The summed E-state index contributed by atoms with van der Waals surface area (Å²) in [5.41, 5.74) is 0. The molecular formula is C11H20O3. The quantitative estimate of drug-likeness (QED) is 0.370. The molecule has 0 spiro atoms. The van der Waals surface area contributed by atoms with Crippen LogP contribution in [0.5, 0.6) is 0 Å². The average molecular weight is 200 g/mol. The van der Waals surface area contributed by atoms with Crippen LogP contribution in [0.1, 0.15) is 39.0 Å². The van der Waals surface area contributed by atoms with Gasteiger partial charge in [-0.05, 0) is 32.1 Å². The molecule has 0 unspecified atom stereocenters. The summed E-state index contributed by atoms with van der Waals surface area (Å²) in [7, 11) is 0. The lowest BCUT2D eigenvalue weighted by Gasteiger charge is -2.00. The molecule has 0 bridgehead atoms. The third-order valence-electron chi connectivity index (χ3n) is 1.78. The highest BCUT2D eigenvalue weighted by Gasteiger charge is 1.91. The van der Waals surface area contributed by atoms with E-state index in [0.29, 0.717) is 6.61 Å². The average Bonchev–Trinajstić information content (AvgIpc) is 2.15. The Bertz CT molecular complexity index is 164. The number of ether oxygens (including phenoxy) is 1. The minimum Gasteiger partial charge on any atom is -0.466 e. The van der Waals surface area contributed by atoms with Crippen LogP contribution in [0.25, 0.3) is 0 Å². The van der Waals surface area contributed by atoms with Crippen molar-refractivity contribution in [2.24, 2.45) is 0 Å². The van der Waals surface area contributed by atoms with Crippen LogP contribution >= 0.6 is 0 Å². The van der Waals surface area contributed by atoms with Crippen molar-refractivity contribution in [3.8, 4) is 0 Å². The maximum Gasteiger partial charge on any atom is 0.302 e. The Kier molecular flexibility index (Phi) is 9.64. The largest absolute Gasteiger partial charge is 0.466 e. The van der Waals surface area contributed by atoms with E-state index in [9.17, 15) is 4.79 Å². The third kappa shape index (κ3) is 11.2. The van der Waals surface area contributed by atoms with Crippen molar-refractivity contribution in [2.45, 2.75) is 39.0 Å². The fourth-order valence-electron chi connectivity index (χ4n) is 1.07. The Hall–Kier alpha value is -0.830. The summed E-state index contributed by atoms with van der Waals surface area (Å²) in [6, 6.07) is 0. The number of hydrogen-bond donors (Lipinski definition) is 1. The van der Waals surface area contributed by atoms with E-state index in [2.05, 4.69) is 6.08 Å². The highest BCUT2D eigenvalue weighted by molar-refractivity contribution is 5.65. The second kappa shape index (κ2) is 10.3. The molecule has 0 amide bonds. The Morgan fingerprint density at radius 3 is 2.57 bits per heavy atom. The molecule has 0 heterocycles. The van der Waals surface area contributed by atoms with Crippen LogP contribution in [0.15, 0.2) is 12.2 Å². The molecule has 0 saturated carbocycles. The van der Waals surface area contributed by atoms with Gasteiger partial charge in [0.05, 0.1) is 6.61 Å². The lowest BCUT2D eigenvalue weighted by Crippen LogP contribution is -1.99. The number of aliphatic hydroxyl groups is 1. The summed E-state index contributed by atoms with van der Waals surface area (Å²) >= 11 is 0. The van der Waals surface area contributed by atoms with E-state index in [1.165, 1.54) is 6.92 Å². The zero-order chi connectivity index (χ0) is 10.6. The number of aliphatic hydroxyl groups excluding tert-OH is 1. The number of esters is 1. The highest BCUT2D eigenvalue weighted by atomic mass is 16.5. The SMILES string of the molecule is CC(=O)OCCCCC/C=C\CCO. The first-order valence-electron chi connectivity index (χ1n) is 5.16. The van der Waals surface area contributed by atoms with Gasteiger partial charge in [-0.3, -0.25) is 4.79 Å². The van der Waals surface area contributed by atoms with Gasteiger partial charge in [0, 0.05) is 13.5 Å². The van der Waals surface area contributed by atoms with Crippen LogP contribution in [0.4, 0.5) is 0 Å². The molecule has 0 aromatic carbocycles. The summed E-state index contributed by atoms with van der Waals surface area (Å²) in [5, 5.41) is 8.49. The van der Waals surface area contributed by atoms with E-state index in [-0.39, 0.29) is 12.6 Å². The molecule has 0 aliphatic rings. The number of carbonyl (C=O) groups is 1. The Morgan fingerprint density at radius 1 is 1.21 bits per heavy atom. The standard InChI is InChI=1S/C11H20O3/c1-11(13)14-10-8-6-4-2-3-5-7-9-12/h3,5,12H,2,4,6-10H2,1H3/b5-3-. The van der Waals surface area contributed by atoms with Gasteiger partial charge in [-0.15, -0.1) is 0 Å². The van der Waals surface area contributed by atoms with Crippen molar-refractivity contribution >= 4 is 5.97 Å². The molecule has 14 heavy (non-hydrogen) atoms. The van der Waals surface area contributed by atoms with Gasteiger partial charge in [0.1, 0.15) is 0 Å². The maximum absolute atomic E-state index is 10.4. The van der Waals surface area contributed by atoms with Crippen molar-refractivity contribution in [1.82, 2.24) is 0 Å². The summed E-state index contributed by atoms with van der Waals surface area (Å²) in [4.78, 5) is 10.4. The van der Waals surface area contributed by atoms with E-state index in [1.807, 2.05) is 6.08 Å². The molecule has 0 aliphatic carbocycles. The smallest absolute Gasteiger partial charge is 0.302 e. The molecule has 0 saturated heterocycles. The van der Waals surface area contributed by atoms with Crippen LogP contribution in [0.2, 0.25) is 0 Å². The minimum atomic E-state index is -0.201. The normalized spacial score (nSPS) is 10.7. The summed E-state index contributed by atoms with van der Waals surface area (Å²) in [6.45, 7) is 2.19. The monoisotopic (exact) mass is 200 g/mol. The van der Waals surface area contributed by atoms with Gasteiger partial charge in [-0.25, -0.2) is 0 Å². The van der Waals surface area contributed by atoms with Crippen LogP contribution in [0.3, 0.4) is 0 Å². The highest BCUT2D eigenvalue weighted by Crippen LogP contribution is 2.01. The minimum absolute atomic E-state index is 0.201.